The first kappa shape index (κ1) is 12.0. The summed E-state index contributed by atoms with van der Waals surface area (Å²) < 4.78 is 5.85. The molecule has 1 aromatic heterocycles. The Morgan fingerprint density at radius 1 is 1.00 bits per heavy atom. The summed E-state index contributed by atoms with van der Waals surface area (Å²) in [5.74, 6) is 0. The molecule has 2 heteroatoms. The average Bonchev–Trinajstić information content (AvgIpc) is 2.45. The Hall–Kier alpha value is -2.09. The van der Waals surface area contributed by atoms with E-state index < -0.39 is 0 Å². The summed E-state index contributed by atoms with van der Waals surface area (Å²) in [4.78, 5) is 12.6. The maximum atomic E-state index is 12.6. The summed E-state index contributed by atoms with van der Waals surface area (Å²) in [5, 5.41) is 1.41. The van der Waals surface area contributed by atoms with Gasteiger partial charge in [0.25, 0.3) is 0 Å². The van der Waals surface area contributed by atoms with E-state index in [0.717, 1.165) is 30.2 Å². The van der Waals surface area contributed by atoms with E-state index in [0.29, 0.717) is 16.6 Å². The first-order valence-electron chi connectivity index (χ1n) is 6.74. The number of rotatable bonds is 3. The highest BCUT2D eigenvalue weighted by Gasteiger charge is 2.10. The molecule has 96 valence electrons. The normalized spacial score (nSPS) is 11.2. The van der Waals surface area contributed by atoms with E-state index in [9.17, 15) is 4.79 Å². The molecule has 1 heterocycles. The highest BCUT2D eigenvalue weighted by Crippen LogP contribution is 2.22. The zero-order valence-corrected chi connectivity index (χ0v) is 11.0. The van der Waals surface area contributed by atoms with E-state index >= 15 is 0 Å². The van der Waals surface area contributed by atoms with Gasteiger partial charge in [0.2, 0.25) is 5.43 Å². The molecule has 0 saturated heterocycles. The molecule has 3 rings (SSSR count). The first-order chi connectivity index (χ1) is 9.31. The third kappa shape index (κ3) is 2.03. The van der Waals surface area contributed by atoms with E-state index in [-0.39, 0.29) is 5.43 Å². The lowest BCUT2D eigenvalue weighted by Crippen LogP contribution is -2.05. The molecule has 0 aliphatic carbocycles. The molecule has 3 aromatic rings. The van der Waals surface area contributed by atoms with E-state index in [2.05, 4.69) is 6.92 Å². The fourth-order valence-electron chi connectivity index (χ4n) is 2.49. The van der Waals surface area contributed by atoms with Crippen molar-refractivity contribution in [1.29, 1.82) is 0 Å². The van der Waals surface area contributed by atoms with Crippen molar-refractivity contribution < 1.29 is 4.42 Å². The summed E-state index contributed by atoms with van der Waals surface area (Å²) in [7, 11) is 0. The van der Waals surface area contributed by atoms with Crippen molar-refractivity contribution in [3.05, 3.63) is 58.3 Å². The minimum absolute atomic E-state index is 0.0866. The SMILES string of the molecule is CCCCc1cccc2oc3ccccc3c(=O)c12. The van der Waals surface area contributed by atoms with Crippen LogP contribution in [-0.4, -0.2) is 0 Å². The van der Waals surface area contributed by atoms with Crippen LogP contribution < -0.4 is 5.43 Å². The molecule has 0 aliphatic rings. The molecule has 2 aromatic carbocycles. The number of hydrogen-bond donors (Lipinski definition) is 0. The van der Waals surface area contributed by atoms with Gasteiger partial charge in [-0.3, -0.25) is 4.79 Å². The molecule has 2 nitrogen and oxygen atoms in total. The van der Waals surface area contributed by atoms with Crippen LogP contribution in [-0.2, 0) is 6.42 Å². The van der Waals surface area contributed by atoms with Gasteiger partial charge in [-0.05, 0) is 36.6 Å². The Bertz CT molecular complexity index is 784. The first-order valence-corrected chi connectivity index (χ1v) is 6.74. The largest absolute Gasteiger partial charge is 0.456 e. The Kier molecular flexibility index (Phi) is 3.08. The fourth-order valence-corrected chi connectivity index (χ4v) is 2.49. The second-order valence-electron chi connectivity index (χ2n) is 4.82. The molecule has 0 unspecified atom stereocenters. The number of unbranched alkanes of at least 4 members (excludes halogenated alkanes) is 1. The van der Waals surface area contributed by atoms with Crippen molar-refractivity contribution in [2.75, 3.05) is 0 Å². The van der Waals surface area contributed by atoms with Gasteiger partial charge in [-0.15, -0.1) is 0 Å². The molecule has 0 atom stereocenters. The van der Waals surface area contributed by atoms with Crippen LogP contribution >= 0.6 is 0 Å². The molecular weight excluding hydrogens is 236 g/mol. The molecule has 0 radical (unpaired) electrons. The van der Waals surface area contributed by atoms with E-state index in [4.69, 9.17) is 4.42 Å². The van der Waals surface area contributed by atoms with Crippen LogP contribution in [0.2, 0.25) is 0 Å². The summed E-state index contributed by atoms with van der Waals surface area (Å²) >= 11 is 0. The topological polar surface area (TPSA) is 30.2 Å². The van der Waals surface area contributed by atoms with Gasteiger partial charge in [0.05, 0.1) is 10.8 Å². The zero-order chi connectivity index (χ0) is 13.2. The van der Waals surface area contributed by atoms with Crippen molar-refractivity contribution in [3.8, 4) is 0 Å². The van der Waals surface area contributed by atoms with Gasteiger partial charge in [-0.2, -0.15) is 0 Å². The standard InChI is InChI=1S/C17H16O2/c1-2-3-7-12-8-6-11-15-16(12)17(18)13-9-4-5-10-14(13)19-15/h4-6,8-11H,2-3,7H2,1H3. The summed E-state index contributed by atoms with van der Waals surface area (Å²) in [5.41, 5.74) is 2.53. The number of fused-ring (bicyclic) bond motifs is 2. The molecule has 0 saturated carbocycles. The lowest BCUT2D eigenvalue weighted by Gasteiger charge is -2.06. The van der Waals surface area contributed by atoms with Gasteiger partial charge >= 0.3 is 0 Å². The molecule has 0 bridgehead atoms. The number of aryl methyl sites for hydroxylation is 1. The maximum Gasteiger partial charge on any atom is 0.200 e. The molecule has 0 amide bonds. The summed E-state index contributed by atoms with van der Waals surface area (Å²) in [6.45, 7) is 2.16. The Morgan fingerprint density at radius 3 is 2.63 bits per heavy atom. The van der Waals surface area contributed by atoms with Crippen molar-refractivity contribution in [3.63, 3.8) is 0 Å². The van der Waals surface area contributed by atoms with Crippen LogP contribution in [0.5, 0.6) is 0 Å². The van der Waals surface area contributed by atoms with Crippen LogP contribution in [0.15, 0.2) is 51.7 Å². The second kappa shape index (κ2) is 4.88. The smallest absolute Gasteiger partial charge is 0.200 e. The highest BCUT2D eigenvalue weighted by atomic mass is 16.3. The Labute approximate surface area is 111 Å². The second-order valence-corrected chi connectivity index (χ2v) is 4.82. The van der Waals surface area contributed by atoms with Crippen molar-refractivity contribution in [2.45, 2.75) is 26.2 Å². The third-order valence-corrected chi connectivity index (χ3v) is 3.49. The summed E-state index contributed by atoms with van der Waals surface area (Å²) in [6.07, 6.45) is 3.14. The lowest BCUT2D eigenvalue weighted by molar-refractivity contribution is 0.659. The predicted octanol–water partition coefficient (Wildman–Crippen LogP) is 4.29. The monoisotopic (exact) mass is 252 g/mol. The van der Waals surface area contributed by atoms with Crippen molar-refractivity contribution in [2.24, 2.45) is 0 Å². The van der Waals surface area contributed by atoms with Crippen LogP contribution in [0.1, 0.15) is 25.3 Å². The van der Waals surface area contributed by atoms with E-state index in [1.807, 2.05) is 42.5 Å². The fraction of sp³-hybridized carbons (Fsp3) is 0.235. The number of hydrogen-bond acceptors (Lipinski definition) is 2. The maximum absolute atomic E-state index is 12.6. The number of para-hydroxylation sites is 1. The van der Waals surface area contributed by atoms with Gasteiger partial charge in [-0.1, -0.05) is 37.6 Å². The quantitative estimate of drug-likeness (QED) is 0.651. The van der Waals surface area contributed by atoms with Crippen LogP contribution in [0.4, 0.5) is 0 Å². The van der Waals surface area contributed by atoms with Crippen molar-refractivity contribution in [1.82, 2.24) is 0 Å². The Morgan fingerprint density at radius 2 is 1.79 bits per heavy atom. The predicted molar refractivity (Wildman–Crippen MR) is 78.6 cm³/mol. The average molecular weight is 252 g/mol. The summed E-state index contributed by atoms with van der Waals surface area (Å²) in [6, 6.07) is 13.3. The number of benzene rings is 2. The van der Waals surface area contributed by atoms with Gasteiger partial charge in [0.15, 0.2) is 0 Å². The van der Waals surface area contributed by atoms with Crippen molar-refractivity contribution >= 4 is 21.9 Å². The van der Waals surface area contributed by atoms with Gasteiger partial charge in [0.1, 0.15) is 11.2 Å². The molecular formula is C17H16O2. The zero-order valence-electron chi connectivity index (χ0n) is 11.0. The van der Waals surface area contributed by atoms with Gasteiger partial charge in [-0.25, -0.2) is 0 Å². The molecule has 19 heavy (non-hydrogen) atoms. The van der Waals surface area contributed by atoms with Gasteiger partial charge in [0, 0.05) is 0 Å². The van der Waals surface area contributed by atoms with Gasteiger partial charge < -0.3 is 4.42 Å². The van der Waals surface area contributed by atoms with E-state index in [1.54, 1.807) is 0 Å². The Balaban J connectivity index is 2.36. The molecule has 0 spiro atoms. The van der Waals surface area contributed by atoms with Crippen LogP contribution in [0, 0.1) is 0 Å². The highest BCUT2D eigenvalue weighted by molar-refractivity contribution is 5.91. The molecule has 0 aliphatic heterocycles. The molecule has 0 N–H and O–H groups in total. The molecule has 0 fully saturated rings. The van der Waals surface area contributed by atoms with E-state index in [1.165, 1.54) is 0 Å². The van der Waals surface area contributed by atoms with Crippen LogP contribution in [0.3, 0.4) is 0 Å². The third-order valence-electron chi connectivity index (χ3n) is 3.49. The minimum Gasteiger partial charge on any atom is -0.456 e. The minimum atomic E-state index is 0.0866. The lowest BCUT2D eigenvalue weighted by atomic mass is 10.0. The van der Waals surface area contributed by atoms with Crippen LogP contribution in [0.25, 0.3) is 21.9 Å².